The third-order valence-corrected chi connectivity index (χ3v) is 1.37. The number of halogens is 2. The number of rotatable bonds is 3. The summed E-state index contributed by atoms with van der Waals surface area (Å²) in [5, 5.41) is 2.05. The summed E-state index contributed by atoms with van der Waals surface area (Å²) in [5.41, 5.74) is 0.552. The van der Waals surface area contributed by atoms with Crippen LogP contribution in [0.1, 0.15) is 5.69 Å². The van der Waals surface area contributed by atoms with Crippen LogP contribution < -0.4 is 5.32 Å². The molecular weight excluding hydrogens is 178 g/mol. The molecule has 1 aromatic heterocycles. The van der Waals surface area contributed by atoms with Crippen LogP contribution in [0.25, 0.3) is 0 Å². The van der Waals surface area contributed by atoms with Gasteiger partial charge >= 0.3 is 6.43 Å². The van der Waals surface area contributed by atoms with E-state index in [4.69, 9.17) is 0 Å². The predicted molar refractivity (Wildman–Crippen MR) is 42.1 cm³/mol. The van der Waals surface area contributed by atoms with Gasteiger partial charge in [-0.05, 0) is 12.1 Å². The molecule has 0 aliphatic heterocycles. The largest absolute Gasteiger partial charge is 0.345 e. The molecule has 0 saturated carbocycles. The Kier molecular flexibility index (Phi) is 3.31. The first-order valence-electron chi connectivity index (χ1n) is 3.66. The van der Waals surface area contributed by atoms with E-state index in [0.29, 0.717) is 5.69 Å². The van der Waals surface area contributed by atoms with Gasteiger partial charge in [0, 0.05) is 6.20 Å². The van der Waals surface area contributed by atoms with Gasteiger partial charge in [0.2, 0.25) is 0 Å². The molecule has 0 fully saturated rings. The van der Waals surface area contributed by atoms with E-state index in [1.807, 2.05) is 5.32 Å². The maximum absolute atomic E-state index is 11.7. The zero-order chi connectivity index (χ0) is 9.68. The molecule has 5 heteroatoms. The topological polar surface area (TPSA) is 42.0 Å². The van der Waals surface area contributed by atoms with Gasteiger partial charge in [0.15, 0.2) is 0 Å². The van der Waals surface area contributed by atoms with Crippen molar-refractivity contribution >= 4 is 5.91 Å². The molecule has 13 heavy (non-hydrogen) atoms. The molecule has 0 saturated heterocycles. The van der Waals surface area contributed by atoms with E-state index in [9.17, 15) is 13.6 Å². The third-order valence-electron chi connectivity index (χ3n) is 1.37. The van der Waals surface area contributed by atoms with Crippen LogP contribution in [0.3, 0.4) is 0 Å². The number of carbonyl (C=O) groups is 1. The summed E-state index contributed by atoms with van der Waals surface area (Å²) in [7, 11) is 0. The standard InChI is InChI=1S/C8H8F2N2O/c9-7(10)8(13)12-5-6-3-1-2-4-11-6/h1-4,7H,5H2,(H,12,13). The highest BCUT2D eigenvalue weighted by molar-refractivity contribution is 5.78. The molecule has 1 heterocycles. The molecular formula is C8H8F2N2O. The molecule has 0 aliphatic carbocycles. The zero-order valence-electron chi connectivity index (χ0n) is 6.71. The fraction of sp³-hybridized carbons (Fsp3) is 0.250. The summed E-state index contributed by atoms with van der Waals surface area (Å²) in [6, 6.07) is 5.07. The summed E-state index contributed by atoms with van der Waals surface area (Å²) in [6.45, 7) is 0.0318. The molecule has 0 atom stereocenters. The fourth-order valence-electron chi connectivity index (χ4n) is 0.758. The number of pyridine rings is 1. The van der Waals surface area contributed by atoms with Gasteiger partial charge in [-0.15, -0.1) is 0 Å². The number of carbonyl (C=O) groups excluding carboxylic acids is 1. The SMILES string of the molecule is O=C(NCc1ccccn1)C(F)F. The lowest BCUT2D eigenvalue weighted by Crippen LogP contribution is -2.29. The maximum Gasteiger partial charge on any atom is 0.315 e. The van der Waals surface area contributed by atoms with Gasteiger partial charge in [-0.25, -0.2) is 0 Å². The number of hydrogen-bond acceptors (Lipinski definition) is 2. The smallest absolute Gasteiger partial charge is 0.315 e. The van der Waals surface area contributed by atoms with Crippen molar-refractivity contribution in [1.29, 1.82) is 0 Å². The molecule has 70 valence electrons. The number of nitrogens with one attached hydrogen (secondary N) is 1. The van der Waals surface area contributed by atoms with Crippen molar-refractivity contribution in [2.45, 2.75) is 13.0 Å². The van der Waals surface area contributed by atoms with Gasteiger partial charge < -0.3 is 5.32 Å². The summed E-state index contributed by atoms with van der Waals surface area (Å²) < 4.78 is 23.4. The Morgan fingerprint density at radius 1 is 1.54 bits per heavy atom. The molecule has 1 N–H and O–H groups in total. The first-order chi connectivity index (χ1) is 6.20. The van der Waals surface area contributed by atoms with Crippen LogP contribution in [-0.2, 0) is 11.3 Å². The number of hydrogen-bond donors (Lipinski definition) is 1. The molecule has 0 aliphatic rings. The minimum Gasteiger partial charge on any atom is -0.345 e. The van der Waals surface area contributed by atoms with E-state index in [0.717, 1.165) is 0 Å². The molecule has 3 nitrogen and oxygen atoms in total. The zero-order valence-corrected chi connectivity index (χ0v) is 6.71. The van der Waals surface area contributed by atoms with Crippen molar-refractivity contribution in [3.8, 4) is 0 Å². The molecule has 0 aromatic carbocycles. The van der Waals surface area contributed by atoms with E-state index in [-0.39, 0.29) is 6.54 Å². The van der Waals surface area contributed by atoms with E-state index in [1.165, 1.54) is 6.20 Å². The quantitative estimate of drug-likeness (QED) is 0.764. The van der Waals surface area contributed by atoms with Crippen molar-refractivity contribution in [1.82, 2.24) is 10.3 Å². The molecule has 0 radical (unpaired) electrons. The van der Waals surface area contributed by atoms with Gasteiger partial charge in [-0.1, -0.05) is 6.07 Å². The predicted octanol–water partition coefficient (Wildman–Crippen LogP) is 0.963. The van der Waals surface area contributed by atoms with Gasteiger partial charge in [0.1, 0.15) is 0 Å². The van der Waals surface area contributed by atoms with Crippen LogP contribution in [0.15, 0.2) is 24.4 Å². The Hall–Kier alpha value is -1.52. The van der Waals surface area contributed by atoms with Crippen molar-refractivity contribution in [3.63, 3.8) is 0 Å². The molecule has 1 amide bonds. The normalized spacial score (nSPS) is 10.1. The number of nitrogens with zero attached hydrogens (tertiary/aromatic N) is 1. The van der Waals surface area contributed by atoms with Crippen molar-refractivity contribution in [2.75, 3.05) is 0 Å². The minimum absolute atomic E-state index is 0.0318. The Morgan fingerprint density at radius 2 is 2.31 bits per heavy atom. The molecule has 0 unspecified atom stereocenters. The monoisotopic (exact) mass is 186 g/mol. The number of alkyl halides is 2. The Morgan fingerprint density at radius 3 is 2.85 bits per heavy atom. The second-order valence-corrected chi connectivity index (χ2v) is 2.34. The highest BCUT2D eigenvalue weighted by Gasteiger charge is 2.13. The van der Waals surface area contributed by atoms with Crippen molar-refractivity contribution < 1.29 is 13.6 Å². The van der Waals surface area contributed by atoms with Gasteiger partial charge in [0.25, 0.3) is 5.91 Å². The first kappa shape index (κ1) is 9.57. The van der Waals surface area contributed by atoms with E-state index in [2.05, 4.69) is 4.98 Å². The summed E-state index contributed by atoms with van der Waals surface area (Å²) in [6.07, 6.45) is -1.44. The van der Waals surface area contributed by atoms with Crippen LogP contribution >= 0.6 is 0 Å². The average Bonchev–Trinajstić information content (AvgIpc) is 2.15. The van der Waals surface area contributed by atoms with Crippen molar-refractivity contribution in [3.05, 3.63) is 30.1 Å². The van der Waals surface area contributed by atoms with Crippen LogP contribution in [0.2, 0.25) is 0 Å². The van der Waals surface area contributed by atoms with E-state index >= 15 is 0 Å². The molecule has 0 bridgehead atoms. The second-order valence-electron chi connectivity index (χ2n) is 2.34. The minimum atomic E-state index is -2.97. The fourth-order valence-corrected chi connectivity index (χ4v) is 0.758. The lowest BCUT2D eigenvalue weighted by molar-refractivity contribution is -0.131. The summed E-state index contributed by atoms with van der Waals surface area (Å²) >= 11 is 0. The summed E-state index contributed by atoms with van der Waals surface area (Å²) in [4.78, 5) is 14.3. The van der Waals surface area contributed by atoms with Crippen LogP contribution in [0.5, 0.6) is 0 Å². The second kappa shape index (κ2) is 4.49. The number of amides is 1. The van der Waals surface area contributed by atoms with E-state index < -0.39 is 12.3 Å². The summed E-state index contributed by atoms with van der Waals surface area (Å²) in [5.74, 6) is -1.27. The first-order valence-corrected chi connectivity index (χ1v) is 3.66. The highest BCUT2D eigenvalue weighted by atomic mass is 19.3. The lowest BCUT2D eigenvalue weighted by atomic mass is 10.3. The van der Waals surface area contributed by atoms with Crippen LogP contribution in [0, 0.1) is 0 Å². The van der Waals surface area contributed by atoms with E-state index in [1.54, 1.807) is 18.2 Å². The van der Waals surface area contributed by atoms with Crippen LogP contribution in [-0.4, -0.2) is 17.3 Å². The maximum atomic E-state index is 11.7. The Labute approximate surface area is 73.8 Å². The Bertz CT molecular complexity index is 277. The van der Waals surface area contributed by atoms with Gasteiger partial charge in [0.05, 0.1) is 12.2 Å². The van der Waals surface area contributed by atoms with Crippen LogP contribution in [0.4, 0.5) is 8.78 Å². The van der Waals surface area contributed by atoms with Gasteiger partial charge in [-0.2, -0.15) is 8.78 Å². The third kappa shape index (κ3) is 3.14. The lowest BCUT2D eigenvalue weighted by Gasteiger charge is -2.02. The molecule has 1 rings (SSSR count). The van der Waals surface area contributed by atoms with Gasteiger partial charge in [-0.3, -0.25) is 9.78 Å². The average molecular weight is 186 g/mol. The molecule has 1 aromatic rings. The van der Waals surface area contributed by atoms with Crippen molar-refractivity contribution in [2.24, 2.45) is 0 Å². The highest BCUT2D eigenvalue weighted by Crippen LogP contribution is 1.95. The molecule has 0 spiro atoms. The Balaban J connectivity index is 2.40. The number of aromatic nitrogens is 1.